The van der Waals surface area contributed by atoms with Crippen molar-refractivity contribution in [3.05, 3.63) is 69.2 Å². The Labute approximate surface area is 134 Å². The largest absolute Gasteiger partial charge is 0.416 e. The fourth-order valence-electron chi connectivity index (χ4n) is 1.89. The van der Waals surface area contributed by atoms with Gasteiger partial charge in [0.05, 0.1) is 16.1 Å². The van der Waals surface area contributed by atoms with Crippen LogP contribution < -0.4 is 5.32 Å². The van der Waals surface area contributed by atoms with Crippen molar-refractivity contribution in [3.63, 3.8) is 0 Å². The lowest BCUT2D eigenvalue weighted by molar-refractivity contribution is -0.138. The molecule has 0 heterocycles. The number of carbonyl (C=O) groups excluding carboxylic acids is 1. The number of amides is 1. The first-order valence-corrected chi connectivity index (χ1v) is 6.93. The fraction of sp³-hybridized carbons (Fsp3) is 0.133. The average Bonchev–Trinajstić information content (AvgIpc) is 2.46. The molecule has 0 bridgehead atoms. The number of hydrogen-bond acceptors (Lipinski definition) is 1. The molecule has 0 aromatic heterocycles. The predicted octanol–water partition coefficient (Wildman–Crippen LogP) is 4.94. The lowest BCUT2D eigenvalue weighted by atomic mass is 10.1. The van der Waals surface area contributed by atoms with Crippen molar-refractivity contribution < 1.29 is 18.0 Å². The van der Waals surface area contributed by atoms with E-state index in [9.17, 15) is 18.0 Å². The highest BCUT2D eigenvalue weighted by Crippen LogP contribution is 2.31. The number of carbonyl (C=O) groups is 1. The van der Waals surface area contributed by atoms with Crippen molar-refractivity contribution in [2.45, 2.75) is 12.7 Å². The first kappa shape index (κ1) is 16.6. The third-order valence-electron chi connectivity index (χ3n) is 2.94. The summed E-state index contributed by atoms with van der Waals surface area (Å²) in [4.78, 5) is 12.0. The summed E-state index contributed by atoms with van der Waals surface area (Å²) in [6.45, 7) is -0.267. The van der Waals surface area contributed by atoms with Crippen molar-refractivity contribution >= 4 is 29.1 Å². The number of benzene rings is 2. The van der Waals surface area contributed by atoms with Crippen LogP contribution in [0.4, 0.5) is 13.2 Å². The molecular weight excluding hydrogens is 338 g/mol. The molecule has 0 aliphatic carbocycles. The van der Waals surface area contributed by atoms with Crippen LogP contribution in [-0.4, -0.2) is 5.91 Å². The minimum Gasteiger partial charge on any atom is -0.348 e. The van der Waals surface area contributed by atoms with Gasteiger partial charge in [0.1, 0.15) is 0 Å². The van der Waals surface area contributed by atoms with Gasteiger partial charge in [0.15, 0.2) is 0 Å². The van der Waals surface area contributed by atoms with Crippen LogP contribution in [0.3, 0.4) is 0 Å². The maximum Gasteiger partial charge on any atom is 0.416 e. The van der Waals surface area contributed by atoms with Crippen LogP contribution in [0.25, 0.3) is 0 Å². The first-order valence-electron chi connectivity index (χ1n) is 6.17. The van der Waals surface area contributed by atoms with Crippen LogP contribution in [0.2, 0.25) is 10.0 Å². The smallest absolute Gasteiger partial charge is 0.348 e. The second-order valence-corrected chi connectivity index (χ2v) is 5.31. The molecule has 22 heavy (non-hydrogen) atoms. The monoisotopic (exact) mass is 347 g/mol. The minimum atomic E-state index is -4.48. The molecule has 0 aliphatic rings. The zero-order valence-electron chi connectivity index (χ0n) is 11.0. The second kappa shape index (κ2) is 6.58. The minimum absolute atomic E-state index is 0.0264. The first-order chi connectivity index (χ1) is 10.3. The van der Waals surface area contributed by atoms with Gasteiger partial charge in [-0.05, 0) is 29.8 Å². The van der Waals surface area contributed by atoms with Crippen molar-refractivity contribution in [3.8, 4) is 0 Å². The summed E-state index contributed by atoms with van der Waals surface area (Å²) in [7, 11) is 0. The topological polar surface area (TPSA) is 29.1 Å². The Kier molecular flexibility index (Phi) is 4.98. The Hall–Kier alpha value is -1.72. The zero-order valence-corrected chi connectivity index (χ0v) is 12.6. The summed E-state index contributed by atoms with van der Waals surface area (Å²) in [5.74, 6) is -0.593. The van der Waals surface area contributed by atoms with E-state index in [1.807, 2.05) is 0 Å². The van der Waals surface area contributed by atoms with Gasteiger partial charge in [0, 0.05) is 11.6 Å². The van der Waals surface area contributed by atoms with E-state index in [1.54, 1.807) is 0 Å². The van der Waals surface area contributed by atoms with Gasteiger partial charge in [0.2, 0.25) is 0 Å². The Morgan fingerprint density at radius 1 is 1.09 bits per heavy atom. The maximum atomic E-state index is 12.9. The molecule has 1 N–H and O–H groups in total. The van der Waals surface area contributed by atoms with Crippen molar-refractivity contribution in [2.24, 2.45) is 0 Å². The molecule has 7 heteroatoms. The van der Waals surface area contributed by atoms with E-state index in [-0.39, 0.29) is 22.7 Å². The second-order valence-electron chi connectivity index (χ2n) is 4.46. The van der Waals surface area contributed by atoms with Crippen LogP contribution in [0.5, 0.6) is 0 Å². The number of alkyl halides is 3. The van der Waals surface area contributed by atoms with E-state index in [4.69, 9.17) is 23.2 Å². The molecule has 0 atom stereocenters. The molecule has 0 spiro atoms. The molecule has 0 fully saturated rings. The van der Waals surface area contributed by atoms with Gasteiger partial charge < -0.3 is 5.32 Å². The molecule has 2 rings (SSSR count). The Morgan fingerprint density at radius 2 is 1.77 bits per heavy atom. The van der Waals surface area contributed by atoms with Gasteiger partial charge in [-0.2, -0.15) is 13.2 Å². The van der Waals surface area contributed by atoms with Gasteiger partial charge >= 0.3 is 6.18 Å². The number of hydrogen-bond donors (Lipinski definition) is 1. The van der Waals surface area contributed by atoms with Crippen LogP contribution in [0.1, 0.15) is 21.5 Å². The molecule has 0 radical (unpaired) electrons. The predicted molar refractivity (Wildman–Crippen MR) is 79.1 cm³/mol. The molecular formula is C15H10Cl2F3NO. The van der Waals surface area contributed by atoms with Gasteiger partial charge in [-0.15, -0.1) is 0 Å². The Balaban J connectivity index is 2.17. The maximum absolute atomic E-state index is 12.9. The van der Waals surface area contributed by atoms with Gasteiger partial charge in [0.25, 0.3) is 5.91 Å². The molecule has 2 aromatic rings. The van der Waals surface area contributed by atoms with E-state index >= 15 is 0 Å². The normalized spacial score (nSPS) is 11.3. The van der Waals surface area contributed by atoms with E-state index in [2.05, 4.69) is 5.32 Å². The van der Waals surface area contributed by atoms with Gasteiger partial charge in [-0.25, -0.2) is 0 Å². The van der Waals surface area contributed by atoms with E-state index in [1.165, 1.54) is 36.4 Å². The third kappa shape index (κ3) is 3.93. The zero-order chi connectivity index (χ0) is 16.3. The van der Waals surface area contributed by atoms with Crippen molar-refractivity contribution in [1.82, 2.24) is 5.32 Å². The van der Waals surface area contributed by atoms with Crippen LogP contribution >= 0.6 is 23.2 Å². The molecule has 2 nitrogen and oxygen atoms in total. The Bertz CT molecular complexity index is 701. The molecule has 0 saturated carbocycles. The number of halogens is 5. The van der Waals surface area contributed by atoms with Crippen LogP contribution in [0.15, 0.2) is 42.5 Å². The molecule has 0 saturated heterocycles. The summed E-state index contributed by atoms with van der Waals surface area (Å²) in [5, 5.41) is 2.90. The fourth-order valence-corrected chi connectivity index (χ4v) is 2.27. The van der Waals surface area contributed by atoms with Crippen LogP contribution in [0, 0.1) is 0 Å². The SMILES string of the molecule is O=C(NCc1ccccc1C(F)(F)F)c1cc(Cl)ccc1Cl. The molecule has 0 aliphatic heterocycles. The molecule has 2 aromatic carbocycles. The average molecular weight is 348 g/mol. The summed E-state index contributed by atoms with van der Waals surface area (Å²) in [6, 6.07) is 9.36. The van der Waals surface area contributed by atoms with E-state index < -0.39 is 17.6 Å². The van der Waals surface area contributed by atoms with Crippen LogP contribution in [-0.2, 0) is 12.7 Å². The van der Waals surface area contributed by atoms with Gasteiger partial charge in [-0.3, -0.25) is 4.79 Å². The standard InChI is InChI=1S/C15H10Cl2F3NO/c16-10-5-6-13(17)11(7-10)14(22)21-8-9-3-1-2-4-12(9)15(18,19)20/h1-7H,8H2,(H,21,22). The van der Waals surface area contributed by atoms with E-state index in [0.29, 0.717) is 5.02 Å². The summed E-state index contributed by atoms with van der Waals surface area (Å²) in [5.41, 5.74) is -0.701. The van der Waals surface area contributed by atoms with Crippen molar-refractivity contribution in [2.75, 3.05) is 0 Å². The highest BCUT2D eigenvalue weighted by atomic mass is 35.5. The quantitative estimate of drug-likeness (QED) is 0.836. The summed E-state index contributed by atoms with van der Waals surface area (Å²) in [6.07, 6.45) is -4.48. The lowest BCUT2D eigenvalue weighted by Crippen LogP contribution is -2.24. The highest BCUT2D eigenvalue weighted by molar-refractivity contribution is 6.35. The third-order valence-corrected chi connectivity index (χ3v) is 3.50. The van der Waals surface area contributed by atoms with E-state index in [0.717, 1.165) is 6.07 Å². The van der Waals surface area contributed by atoms with Crippen molar-refractivity contribution in [1.29, 1.82) is 0 Å². The Morgan fingerprint density at radius 3 is 2.45 bits per heavy atom. The van der Waals surface area contributed by atoms with Gasteiger partial charge in [-0.1, -0.05) is 41.4 Å². The lowest BCUT2D eigenvalue weighted by Gasteiger charge is -2.13. The summed E-state index contributed by atoms with van der Waals surface area (Å²) >= 11 is 11.7. The highest BCUT2D eigenvalue weighted by Gasteiger charge is 2.32. The molecule has 0 unspecified atom stereocenters. The molecule has 116 valence electrons. The summed E-state index contributed by atoms with van der Waals surface area (Å²) < 4.78 is 38.6. The number of nitrogens with one attached hydrogen (secondary N) is 1. The number of rotatable bonds is 3. The molecule has 1 amide bonds.